The van der Waals surface area contributed by atoms with Crippen molar-refractivity contribution in [2.24, 2.45) is 0 Å². The molecule has 0 aliphatic rings. The van der Waals surface area contributed by atoms with Crippen LogP contribution >= 0.6 is 0 Å². The van der Waals surface area contributed by atoms with Crippen molar-refractivity contribution in [2.45, 2.75) is 6.18 Å². The number of ether oxygens (including phenoxy) is 1. The van der Waals surface area contributed by atoms with E-state index in [2.05, 4.69) is 9.97 Å². The smallest absolute Gasteiger partial charge is 0.451 e. The quantitative estimate of drug-likeness (QED) is 0.787. The molecule has 0 fully saturated rings. The number of methoxy groups -OCH3 is 1. The summed E-state index contributed by atoms with van der Waals surface area (Å²) in [5, 5.41) is 0. The topological polar surface area (TPSA) is 35.0 Å². The molecule has 100 valence electrons. The summed E-state index contributed by atoms with van der Waals surface area (Å²) >= 11 is 0. The number of nitrogens with zero attached hydrogens (tertiary/aromatic N) is 2. The van der Waals surface area contributed by atoms with Crippen molar-refractivity contribution in [3.05, 3.63) is 42.2 Å². The molecule has 1 aromatic heterocycles. The number of hydrogen-bond donors (Lipinski definition) is 0. The van der Waals surface area contributed by atoms with Gasteiger partial charge in [0.1, 0.15) is 0 Å². The van der Waals surface area contributed by atoms with Gasteiger partial charge in [0.15, 0.2) is 11.6 Å². The Morgan fingerprint density at radius 3 is 2.26 bits per heavy atom. The molecule has 7 heteroatoms. The average molecular weight is 272 g/mol. The number of hydrogen-bond acceptors (Lipinski definition) is 3. The summed E-state index contributed by atoms with van der Waals surface area (Å²) in [5.74, 6) is -1.94. The molecule has 0 unspecified atom stereocenters. The zero-order valence-electron chi connectivity index (χ0n) is 9.70. The lowest BCUT2D eigenvalue weighted by molar-refractivity contribution is -0.144. The summed E-state index contributed by atoms with van der Waals surface area (Å²) in [7, 11) is 1.30. The minimum absolute atomic E-state index is 0.00241. The Balaban J connectivity index is 2.43. The lowest BCUT2D eigenvalue weighted by atomic mass is 10.1. The van der Waals surface area contributed by atoms with E-state index in [9.17, 15) is 17.6 Å². The van der Waals surface area contributed by atoms with Gasteiger partial charge in [-0.15, -0.1) is 0 Å². The number of benzene rings is 1. The van der Waals surface area contributed by atoms with E-state index in [1.54, 1.807) is 0 Å². The van der Waals surface area contributed by atoms with Crippen LogP contribution < -0.4 is 4.74 Å². The highest BCUT2D eigenvalue weighted by Crippen LogP contribution is 2.30. The van der Waals surface area contributed by atoms with E-state index < -0.39 is 17.8 Å². The Kier molecular flexibility index (Phi) is 3.37. The lowest BCUT2D eigenvalue weighted by Gasteiger charge is -2.08. The van der Waals surface area contributed by atoms with E-state index in [4.69, 9.17) is 4.74 Å². The van der Waals surface area contributed by atoms with Crippen LogP contribution in [-0.4, -0.2) is 17.1 Å². The molecule has 3 nitrogen and oxygen atoms in total. The van der Waals surface area contributed by atoms with Crippen LogP contribution in [0.1, 0.15) is 5.82 Å². The second-order valence-electron chi connectivity index (χ2n) is 3.61. The molecule has 0 N–H and O–H groups in total. The summed E-state index contributed by atoms with van der Waals surface area (Å²) in [6, 6.07) is 4.34. The molecule has 0 saturated heterocycles. The highest BCUT2D eigenvalue weighted by Gasteiger charge is 2.34. The third-order valence-electron chi connectivity index (χ3n) is 2.40. The molecular formula is C12H8F4N2O. The molecule has 1 aromatic carbocycles. The fourth-order valence-corrected chi connectivity index (χ4v) is 1.50. The fourth-order valence-electron chi connectivity index (χ4n) is 1.50. The second kappa shape index (κ2) is 4.83. The Bertz CT molecular complexity index is 581. The van der Waals surface area contributed by atoms with Gasteiger partial charge in [0.05, 0.1) is 7.11 Å². The molecule has 0 aliphatic carbocycles. The first kappa shape index (κ1) is 13.3. The van der Waals surface area contributed by atoms with E-state index in [1.807, 2.05) is 0 Å². The normalized spacial score (nSPS) is 11.4. The van der Waals surface area contributed by atoms with Gasteiger partial charge in [0.25, 0.3) is 0 Å². The highest BCUT2D eigenvalue weighted by atomic mass is 19.4. The van der Waals surface area contributed by atoms with Crippen LogP contribution in [-0.2, 0) is 6.18 Å². The van der Waals surface area contributed by atoms with Gasteiger partial charge in [-0.3, -0.25) is 0 Å². The van der Waals surface area contributed by atoms with Crippen molar-refractivity contribution in [3.8, 4) is 16.9 Å². The number of aromatic nitrogens is 2. The maximum absolute atomic E-state index is 13.9. The molecule has 0 spiro atoms. The molecule has 0 aliphatic heterocycles. The fraction of sp³-hybridized carbons (Fsp3) is 0.167. The van der Waals surface area contributed by atoms with Gasteiger partial charge in [-0.2, -0.15) is 13.2 Å². The Morgan fingerprint density at radius 2 is 1.74 bits per heavy atom. The SMILES string of the molecule is COc1cccc(-c2cnc(C(F)(F)F)nc2)c1F. The highest BCUT2D eigenvalue weighted by molar-refractivity contribution is 5.64. The van der Waals surface area contributed by atoms with E-state index in [1.165, 1.54) is 25.3 Å². The zero-order chi connectivity index (χ0) is 14.0. The monoisotopic (exact) mass is 272 g/mol. The Hall–Kier alpha value is -2.18. The van der Waals surface area contributed by atoms with Gasteiger partial charge < -0.3 is 4.74 Å². The second-order valence-corrected chi connectivity index (χ2v) is 3.61. The maximum Gasteiger partial charge on any atom is 0.451 e. The van der Waals surface area contributed by atoms with Crippen LogP contribution in [0.5, 0.6) is 5.75 Å². The predicted octanol–water partition coefficient (Wildman–Crippen LogP) is 3.31. The maximum atomic E-state index is 13.9. The van der Waals surface area contributed by atoms with E-state index in [0.717, 1.165) is 12.4 Å². The molecular weight excluding hydrogens is 264 g/mol. The van der Waals surface area contributed by atoms with Gasteiger partial charge in [0, 0.05) is 23.5 Å². The Morgan fingerprint density at radius 1 is 1.11 bits per heavy atom. The largest absolute Gasteiger partial charge is 0.494 e. The summed E-state index contributed by atoms with van der Waals surface area (Å²) in [4.78, 5) is 6.36. The van der Waals surface area contributed by atoms with E-state index >= 15 is 0 Å². The molecule has 19 heavy (non-hydrogen) atoms. The number of rotatable bonds is 2. The number of halogens is 4. The van der Waals surface area contributed by atoms with Gasteiger partial charge in [-0.05, 0) is 6.07 Å². The zero-order valence-corrected chi connectivity index (χ0v) is 9.70. The molecule has 0 bridgehead atoms. The van der Waals surface area contributed by atoms with Gasteiger partial charge in [-0.1, -0.05) is 12.1 Å². The molecule has 2 aromatic rings. The first-order valence-electron chi connectivity index (χ1n) is 5.15. The summed E-state index contributed by atoms with van der Waals surface area (Å²) in [6.45, 7) is 0. The minimum Gasteiger partial charge on any atom is -0.494 e. The minimum atomic E-state index is -4.62. The van der Waals surface area contributed by atoms with Gasteiger partial charge >= 0.3 is 6.18 Å². The molecule has 0 atom stereocenters. The third-order valence-corrected chi connectivity index (χ3v) is 2.40. The molecule has 0 radical (unpaired) electrons. The lowest BCUT2D eigenvalue weighted by Crippen LogP contribution is -2.10. The van der Waals surface area contributed by atoms with Crippen molar-refractivity contribution in [2.75, 3.05) is 7.11 Å². The summed E-state index contributed by atoms with van der Waals surface area (Å²) in [6.07, 6.45) is -2.77. The average Bonchev–Trinajstić information content (AvgIpc) is 2.38. The molecule has 1 heterocycles. The number of alkyl halides is 3. The van der Waals surface area contributed by atoms with Crippen molar-refractivity contribution in [1.29, 1.82) is 0 Å². The molecule has 2 rings (SSSR count). The predicted molar refractivity (Wildman–Crippen MR) is 59.0 cm³/mol. The van der Waals surface area contributed by atoms with Crippen LogP contribution in [0.15, 0.2) is 30.6 Å². The van der Waals surface area contributed by atoms with Crippen LogP contribution in [0.4, 0.5) is 17.6 Å². The van der Waals surface area contributed by atoms with Crippen LogP contribution in [0.3, 0.4) is 0 Å². The van der Waals surface area contributed by atoms with Crippen molar-refractivity contribution in [1.82, 2.24) is 9.97 Å². The van der Waals surface area contributed by atoms with Crippen LogP contribution in [0, 0.1) is 5.82 Å². The molecule has 0 amide bonds. The first-order valence-corrected chi connectivity index (χ1v) is 5.15. The van der Waals surface area contributed by atoms with Crippen LogP contribution in [0.25, 0.3) is 11.1 Å². The van der Waals surface area contributed by atoms with E-state index in [0.29, 0.717) is 0 Å². The van der Waals surface area contributed by atoms with E-state index in [-0.39, 0.29) is 16.9 Å². The molecule has 0 saturated carbocycles. The van der Waals surface area contributed by atoms with Gasteiger partial charge in [0.2, 0.25) is 5.82 Å². The van der Waals surface area contributed by atoms with Crippen molar-refractivity contribution in [3.63, 3.8) is 0 Å². The van der Waals surface area contributed by atoms with Crippen molar-refractivity contribution >= 4 is 0 Å². The van der Waals surface area contributed by atoms with Crippen molar-refractivity contribution < 1.29 is 22.3 Å². The standard InChI is InChI=1S/C12H8F4N2O/c1-19-9-4-2-3-8(10(9)13)7-5-17-11(18-6-7)12(14,15)16/h2-6H,1H3. The Labute approximate surface area is 105 Å². The first-order chi connectivity index (χ1) is 8.93. The van der Waals surface area contributed by atoms with Crippen LogP contribution in [0.2, 0.25) is 0 Å². The summed E-state index contributed by atoms with van der Waals surface area (Å²) in [5.41, 5.74) is 0.220. The van der Waals surface area contributed by atoms with Gasteiger partial charge in [-0.25, -0.2) is 14.4 Å². The third kappa shape index (κ3) is 2.64. The summed E-state index contributed by atoms with van der Waals surface area (Å²) < 4.78 is 55.6.